The molecule has 0 aliphatic heterocycles. The van der Waals surface area contributed by atoms with E-state index in [0.717, 1.165) is 19.3 Å². The summed E-state index contributed by atoms with van der Waals surface area (Å²) < 4.78 is 0. The Hall–Kier alpha value is -0.530. The highest BCUT2D eigenvalue weighted by Gasteiger charge is 2.34. The van der Waals surface area contributed by atoms with Gasteiger partial charge in [0, 0.05) is 0 Å². The summed E-state index contributed by atoms with van der Waals surface area (Å²) in [6.45, 7) is 8.85. The van der Waals surface area contributed by atoms with E-state index in [-0.39, 0.29) is 0 Å². The second-order valence-electron chi connectivity index (χ2n) is 12.0. The highest BCUT2D eigenvalue weighted by Crippen LogP contribution is 2.36. The fourth-order valence-electron chi connectivity index (χ4n) is 5.70. The Morgan fingerprint density at radius 2 is 0.886 bits per heavy atom. The largest absolute Gasteiger partial charge is 0.481 e. The fourth-order valence-corrected chi connectivity index (χ4v) is 5.70. The molecular formula is C33H66O2. The van der Waals surface area contributed by atoms with Crippen molar-refractivity contribution < 1.29 is 9.90 Å². The Balaban J connectivity index is 4.06. The van der Waals surface area contributed by atoms with Gasteiger partial charge < -0.3 is 5.11 Å². The third-order valence-electron chi connectivity index (χ3n) is 8.27. The number of carboxylic acids is 1. The molecule has 0 aliphatic rings. The van der Waals surface area contributed by atoms with E-state index in [2.05, 4.69) is 20.8 Å². The van der Waals surface area contributed by atoms with Crippen LogP contribution in [0.1, 0.15) is 195 Å². The molecule has 1 N–H and O–H groups in total. The van der Waals surface area contributed by atoms with Crippen molar-refractivity contribution in [2.45, 2.75) is 195 Å². The monoisotopic (exact) mass is 495 g/mol. The summed E-state index contributed by atoms with van der Waals surface area (Å²) in [5.41, 5.74) is -0.530. The molecule has 0 radical (unpaired) electrons. The minimum absolute atomic E-state index is 0.530. The van der Waals surface area contributed by atoms with Crippen molar-refractivity contribution in [3.8, 4) is 0 Å². The lowest BCUT2D eigenvalue weighted by Crippen LogP contribution is -2.30. The summed E-state index contributed by atoms with van der Waals surface area (Å²) in [7, 11) is 0. The number of aliphatic carboxylic acids is 1. The fraction of sp³-hybridized carbons (Fsp3) is 0.970. The normalized spacial score (nSPS) is 14.2. The number of unbranched alkanes of at least 4 members (excludes halogenated alkanes) is 19. The van der Waals surface area contributed by atoms with E-state index in [4.69, 9.17) is 0 Å². The zero-order chi connectivity index (χ0) is 26.0. The summed E-state index contributed by atoms with van der Waals surface area (Å²) in [6.07, 6.45) is 33.6. The third-order valence-corrected chi connectivity index (χ3v) is 8.27. The molecule has 0 aromatic carbocycles. The Morgan fingerprint density at radius 3 is 1.29 bits per heavy atom. The topological polar surface area (TPSA) is 37.3 Å². The Bertz CT molecular complexity index is 446. The predicted molar refractivity (Wildman–Crippen MR) is 156 cm³/mol. The van der Waals surface area contributed by atoms with Gasteiger partial charge >= 0.3 is 5.97 Å². The number of carbonyl (C=O) groups is 1. The van der Waals surface area contributed by atoms with Gasteiger partial charge in [-0.15, -0.1) is 0 Å². The van der Waals surface area contributed by atoms with E-state index in [0.29, 0.717) is 5.92 Å². The van der Waals surface area contributed by atoms with Crippen molar-refractivity contribution in [3.63, 3.8) is 0 Å². The molecule has 0 spiro atoms. The molecule has 210 valence electrons. The van der Waals surface area contributed by atoms with Crippen molar-refractivity contribution in [1.29, 1.82) is 0 Å². The molecule has 2 unspecified atom stereocenters. The lowest BCUT2D eigenvalue weighted by Gasteiger charge is -2.30. The van der Waals surface area contributed by atoms with Crippen LogP contribution < -0.4 is 0 Å². The van der Waals surface area contributed by atoms with E-state index < -0.39 is 11.4 Å². The van der Waals surface area contributed by atoms with E-state index in [1.165, 1.54) is 148 Å². The first-order chi connectivity index (χ1) is 17.0. The second-order valence-corrected chi connectivity index (χ2v) is 12.0. The van der Waals surface area contributed by atoms with E-state index in [1.54, 1.807) is 0 Å². The summed E-state index contributed by atoms with van der Waals surface area (Å²) in [5, 5.41) is 10.1. The van der Waals surface area contributed by atoms with E-state index in [1.807, 2.05) is 6.92 Å². The van der Waals surface area contributed by atoms with Crippen LogP contribution in [0.3, 0.4) is 0 Å². The smallest absolute Gasteiger partial charge is 0.309 e. The first-order valence-electron chi connectivity index (χ1n) is 16.2. The van der Waals surface area contributed by atoms with Crippen LogP contribution in [0, 0.1) is 11.3 Å². The molecule has 0 aromatic heterocycles. The Morgan fingerprint density at radius 1 is 0.543 bits per heavy atom. The summed E-state index contributed by atoms with van der Waals surface area (Å²) >= 11 is 0. The van der Waals surface area contributed by atoms with Gasteiger partial charge in [-0.05, 0) is 25.7 Å². The molecule has 2 atom stereocenters. The zero-order valence-electron chi connectivity index (χ0n) is 24.8. The van der Waals surface area contributed by atoms with Crippen LogP contribution in [-0.4, -0.2) is 11.1 Å². The standard InChI is InChI=1S/C33H66O2/c1-5-8-11-13-15-16-17-18-19-20-21-22-24-26-29-33(4,32(34)35)30-31(27-10-7-3)28-25-23-14-12-9-6-2/h31H,5-30H2,1-4H3,(H,34,35). The summed E-state index contributed by atoms with van der Waals surface area (Å²) in [6, 6.07) is 0. The van der Waals surface area contributed by atoms with Gasteiger partial charge in [-0.2, -0.15) is 0 Å². The van der Waals surface area contributed by atoms with Crippen LogP contribution in [0.15, 0.2) is 0 Å². The first kappa shape index (κ1) is 34.5. The van der Waals surface area contributed by atoms with Crippen LogP contribution in [0.4, 0.5) is 0 Å². The molecule has 0 amide bonds. The highest BCUT2D eigenvalue weighted by molar-refractivity contribution is 5.74. The highest BCUT2D eigenvalue weighted by atomic mass is 16.4. The van der Waals surface area contributed by atoms with Crippen LogP contribution in [0.2, 0.25) is 0 Å². The third kappa shape index (κ3) is 21.3. The van der Waals surface area contributed by atoms with Crippen LogP contribution in [0.5, 0.6) is 0 Å². The Labute approximate surface area is 221 Å². The van der Waals surface area contributed by atoms with Crippen molar-refractivity contribution in [2.75, 3.05) is 0 Å². The molecular weight excluding hydrogens is 428 g/mol. The van der Waals surface area contributed by atoms with E-state index in [9.17, 15) is 9.90 Å². The second kappa shape index (κ2) is 25.1. The minimum Gasteiger partial charge on any atom is -0.481 e. The molecule has 0 saturated carbocycles. The summed E-state index contributed by atoms with van der Waals surface area (Å²) in [5.74, 6) is 0.0329. The number of carboxylic acid groups (broad SMARTS) is 1. The summed E-state index contributed by atoms with van der Waals surface area (Å²) in [4.78, 5) is 12.2. The van der Waals surface area contributed by atoms with Gasteiger partial charge in [0.2, 0.25) is 0 Å². The van der Waals surface area contributed by atoms with Gasteiger partial charge in [-0.3, -0.25) is 4.79 Å². The molecule has 0 rings (SSSR count). The minimum atomic E-state index is -0.559. The average Bonchev–Trinajstić information content (AvgIpc) is 2.84. The van der Waals surface area contributed by atoms with Crippen LogP contribution in [-0.2, 0) is 4.79 Å². The van der Waals surface area contributed by atoms with Crippen LogP contribution >= 0.6 is 0 Å². The van der Waals surface area contributed by atoms with Gasteiger partial charge in [0.15, 0.2) is 0 Å². The van der Waals surface area contributed by atoms with Crippen molar-refractivity contribution in [3.05, 3.63) is 0 Å². The molecule has 0 heterocycles. The SMILES string of the molecule is CCCCCCCCCCCCCCCCC(C)(CC(CCCC)CCCCCCCC)C(=O)O. The number of hydrogen-bond donors (Lipinski definition) is 1. The lowest BCUT2D eigenvalue weighted by molar-refractivity contribution is -0.149. The molecule has 35 heavy (non-hydrogen) atoms. The molecule has 0 saturated heterocycles. The van der Waals surface area contributed by atoms with Crippen molar-refractivity contribution in [1.82, 2.24) is 0 Å². The maximum Gasteiger partial charge on any atom is 0.309 e. The van der Waals surface area contributed by atoms with Gasteiger partial charge in [-0.25, -0.2) is 0 Å². The first-order valence-corrected chi connectivity index (χ1v) is 16.2. The van der Waals surface area contributed by atoms with Crippen LogP contribution in [0.25, 0.3) is 0 Å². The van der Waals surface area contributed by atoms with E-state index >= 15 is 0 Å². The Kier molecular flexibility index (Phi) is 24.8. The van der Waals surface area contributed by atoms with Crippen molar-refractivity contribution in [2.24, 2.45) is 11.3 Å². The van der Waals surface area contributed by atoms with Gasteiger partial charge in [-0.1, -0.05) is 175 Å². The maximum atomic E-state index is 12.2. The number of rotatable bonds is 28. The zero-order valence-corrected chi connectivity index (χ0v) is 24.8. The molecule has 0 aliphatic carbocycles. The molecule has 0 aromatic rings. The number of hydrogen-bond acceptors (Lipinski definition) is 1. The molecule has 0 fully saturated rings. The van der Waals surface area contributed by atoms with Crippen molar-refractivity contribution >= 4 is 5.97 Å². The lowest BCUT2D eigenvalue weighted by atomic mass is 9.74. The maximum absolute atomic E-state index is 12.2. The van der Waals surface area contributed by atoms with Gasteiger partial charge in [0.05, 0.1) is 5.41 Å². The molecule has 2 nitrogen and oxygen atoms in total. The van der Waals surface area contributed by atoms with Gasteiger partial charge in [0.1, 0.15) is 0 Å². The quantitative estimate of drug-likeness (QED) is 0.110. The average molecular weight is 495 g/mol. The van der Waals surface area contributed by atoms with Gasteiger partial charge in [0.25, 0.3) is 0 Å². The predicted octanol–water partition coefficient (Wildman–Crippen LogP) is 11.9. The molecule has 0 bridgehead atoms. The molecule has 2 heteroatoms.